The van der Waals surface area contributed by atoms with Gasteiger partial charge in [-0.1, -0.05) is 41.9 Å². The maximum Gasteiger partial charge on any atom is 0.234 e. The second kappa shape index (κ2) is 7.27. The molecule has 0 aliphatic rings. The number of methoxy groups -OCH3 is 1. The van der Waals surface area contributed by atoms with Crippen LogP contribution in [0, 0.1) is 11.3 Å². The Labute approximate surface area is 161 Å². The van der Waals surface area contributed by atoms with Crippen molar-refractivity contribution >= 4 is 27.3 Å². The number of nitriles is 1. The van der Waals surface area contributed by atoms with Gasteiger partial charge in [0.25, 0.3) is 0 Å². The fourth-order valence-electron chi connectivity index (χ4n) is 2.72. The van der Waals surface area contributed by atoms with Gasteiger partial charge < -0.3 is 10.5 Å². The van der Waals surface area contributed by atoms with E-state index >= 15 is 0 Å². The second-order valence-electron chi connectivity index (χ2n) is 5.52. The van der Waals surface area contributed by atoms with E-state index in [4.69, 9.17) is 22.1 Å². The molecule has 3 aromatic rings. The maximum atomic E-state index is 13.3. The predicted octanol–water partition coefficient (Wildman–Crippen LogP) is 3.70. The third kappa shape index (κ3) is 3.33. The minimum absolute atomic E-state index is 0.0378. The lowest BCUT2D eigenvalue weighted by Crippen LogP contribution is -2.12. The van der Waals surface area contributed by atoms with Crippen LogP contribution in [0.5, 0.6) is 5.88 Å². The first-order valence-corrected chi connectivity index (χ1v) is 9.60. The highest BCUT2D eigenvalue weighted by Crippen LogP contribution is 2.40. The average molecular weight is 400 g/mol. The Bertz CT molecular complexity index is 1160. The zero-order valence-corrected chi connectivity index (χ0v) is 15.8. The van der Waals surface area contributed by atoms with Gasteiger partial charge in [-0.05, 0) is 29.8 Å². The van der Waals surface area contributed by atoms with Gasteiger partial charge in [-0.2, -0.15) is 10.2 Å². The molecule has 0 saturated heterocycles. The van der Waals surface area contributed by atoms with Gasteiger partial charge in [0.05, 0.1) is 12.0 Å². The monoisotopic (exact) mass is 399 g/mol. The molecular formula is C19H14ClN3O3S. The van der Waals surface area contributed by atoms with Gasteiger partial charge in [-0.3, -0.25) is 0 Å². The van der Waals surface area contributed by atoms with Crippen molar-refractivity contribution in [1.29, 1.82) is 5.26 Å². The van der Waals surface area contributed by atoms with E-state index in [1.54, 1.807) is 42.5 Å². The lowest BCUT2D eigenvalue weighted by atomic mass is 10.0. The van der Waals surface area contributed by atoms with Crippen molar-refractivity contribution in [3.05, 3.63) is 65.2 Å². The van der Waals surface area contributed by atoms with Crippen molar-refractivity contribution in [2.75, 3.05) is 12.8 Å². The quantitative estimate of drug-likeness (QED) is 0.716. The van der Waals surface area contributed by atoms with Gasteiger partial charge in [0, 0.05) is 10.6 Å². The molecule has 2 N–H and O–H groups in total. The van der Waals surface area contributed by atoms with E-state index in [-0.39, 0.29) is 32.6 Å². The molecule has 0 fully saturated rings. The van der Waals surface area contributed by atoms with Crippen LogP contribution in [-0.4, -0.2) is 20.5 Å². The Morgan fingerprint density at radius 3 is 2.44 bits per heavy atom. The standard InChI is InChI=1S/C19H14ClN3O3S/c1-26-19-15(11-21)16(12-6-5-7-13(20)10-12)17(18(22)23-19)27(24,25)14-8-3-2-4-9-14/h2-10H,1H3,(H2,22,23). The molecule has 0 saturated carbocycles. The number of sulfone groups is 1. The topological polar surface area (TPSA) is 106 Å². The number of nitrogen functional groups attached to an aromatic ring is 1. The number of nitrogens with two attached hydrogens (primary N) is 1. The van der Waals surface area contributed by atoms with Gasteiger partial charge in [0.15, 0.2) is 0 Å². The number of benzene rings is 2. The summed E-state index contributed by atoms with van der Waals surface area (Å²) in [5.41, 5.74) is 6.49. The van der Waals surface area contributed by atoms with Crippen LogP contribution < -0.4 is 10.5 Å². The summed E-state index contributed by atoms with van der Waals surface area (Å²) in [5, 5.41) is 10.1. The highest BCUT2D eigenvalue weighted by Gasteiger charge is 2.30. The van der Waals surface area contributed by atoms with Crippen LogP contribution in [0.15, 0.2) is 64.4 Å². The summed E-state index contributed by atoms with van der Waals surface area (Å²) in [6.45, 7) is 0. The summed E-state index contributed by atoms with van der Waals surface area (Å²) >= 11 is 6.08. The zero-order valence-electron chi connectivity index (χ0n) is 14.2. The summed E-state index contributed by atoms with van der Waals surface area (Å²) in [5.74, 6) is -0.318. The largest absolute Gasteiger partial charge is 0.480 e. The van der Waals surface area contributed by atoms with Crippen molar-refractivity contribution in [1.82, 2.24) is 4.98 Å². The van der Waals surface area contributed by atoms with Crippen molar-refractivity contribution in [2.24, 2.45) is 0 Å². The van der Waals surface area contributed by atoms with E-state index in [1.165, 1.54) is 19.2 Å². The first-order valence-electron chi connectivity index (χ1n) is 7.73. The van der Waals surface area contributed by atoms with E-state index in [0.29, 0.717) is 10.6 Å². The minimum Gasteiger partial charge on any atom is -0.480 e. The van der Waals surface area contributed by atoms with E-state index in [2.05, 4.69) is 4.98 Å². The number of pyridine rings is 1. The molecule has 0 amide bonds. The average Bonchev–Trinajstić information content (AvgIpc) is 2.67. The number of ether oxygens (including phenoxy) is 1. The molecule has 2 aromatic carbocycles. The second-order valence-corrected chi connectivity index (χ2v) is 7.85. The Hall–Kier alpha value is -3.08. The van der Waals surface area contributed by atoms with Crippen LogP contribution in [0.4, 0.5) is 5.82 Å². The number of hydrogen-bond donors (Lipinski definition) is 1. The number of anilines is 1. The zero-order chi connectivity index (χ0) is 19.6. The molecule has 0 spiro atoms. The Morgan fingerprint density at radius 1 is 1.15 bits per heavy atom. The van der Waals surface area contributed by atoms with Crippen molar-refractivity contribution in [3.8, 4) is 23.1 Å². The first kappa shape index (κ1) is 18.7. The molecule has 27 heavy (non-hydrogen) atoms. The van der Waals surface area contributed by atoms with Gasteiger partial charge in [0.1, 0.15) is 22.3 Å². The number of hydrogen-bond acceptors (Lipinski definition) is 6. The summed E-state index contributed by atoms with van der Waals surface area (Å²) < 4.78 is 31.7. The molecule has 0 unspecified atom stereocenters. The lowest BCUT2D eigenvalue weighted by molar-refractivity contribution is 0.397. The fraction of sp³-hybridized carbons (Fsp3) is 0.0526. The van der Waals surface area contributed by atoms with Crippen LogP contribution in [-0.2, 0) is 9.84 Å². The molecule has 0 aliphatic carbocycles. The van der Waals surface area contributed by atoms with Crippen LogP contribution in [0.1, 0.15) is 5.56 Å². The Morgan fingerprint density at radius 2 is 1.85 bits per heavy atom. The van der Waals surface area contributed by atoms with Crippen molar-refractivity contribution in [2.45, 2.75) is 9.79 Å². The van der Waals surface area contributed by atoms with Gasteiger partial charge in [0.2, 0.25) is 15.7 Å². The molecule has 0 radical (unpaired) electrons. The van der Waals surface area contributed by atoms with Crippen molar-refractivity contribution in [3.63, 3.8) is 0 Å². The summed E-state index contributed by atoms with van der Waals surface area (Å²) in [6.07, 6.45) is 0. The maximum absolute atomic E-state index is 13.3. The van der Waals surface area contributed by atoms with Crippen LogP contribution in [0.2, 0.25) is 5.02 Å². The number of nitrogens with zero attached hydrogens (tertiary/aromatic N) is 2. The summed E-state index contributed by atoms with van der Waals surface area (Å²) in [7, 11) is -2.73. The van der Waals surface area contributed by atoms with E-state index in [1.807, 2.05) is 6.07 Å². The SMILES string of the molecule is COc1nc(N)c(S(=O)(=O)c2ccccc2)c(-c2cccc(Cl)c2)c1C#N. The Balaban J connectivity index is 2.47. The molecule has 136 valence electrons. The summed E-state index contributed by atoms with van der Waals surface area (Å²) in [6, 6.07) is 16.3. The highest BCUT2D eigenvalue weighted by atomic mass is 35.5. The molecule has 1 aromatic heterocycles. The molecule has 1 heterocycles. The molecular weight excluding hydrogens is 386 g/mol. The van der Waals surface area contributed by atoms with Gasteiger partial charge >= 0.3 is 0 Å². The molecule has 3 rings (SSSR count). The predicted molar refractivity (Wildman–Crippen MR) is 102 cm³/mol. The molecule has 0 atom stereocenters. The van der Waals surface area contributed by atoms with Gasteiger partial charge in [-0.25, -0.2) is 8.42 Å². The van der Waals surface area contributed by atoms with Crippen LogP contribution in [0.3, 0.4) is 0 Å². The smallest absolute Gasteiger partial charge is 0.234 e. The normalized spacial score (nSPS) is 11.0. The van der Waals surface area contributed by atoms with Crippen LogP contribution >= 0.6 is 11.6 Å². The molecule has 8 heteroatoms. The fourth-order valence-corrected chi connectivity index (χ4v) is 4.48. The molecule has 0 aliphatic heterocycles. The van der Waals surface area contributed by atoms with Gasteiger partial charge in [-0.15, -0.1) is 0 Å². The molecule has 6 nitrogen and oxygen atoms in total. The van der Waals surface area contributed by atoms with Crippen molar-refractivity contribution < 1.29 is 13.2 Å². The number of aromatic nitrogens is 1. The van der Waals surface area contributed by atoms with Crippen LogP contribution in [0.25, 0.3) is 11.1 Å². The Kier molecular flexibility index (Phi) is 5.04. The number of halogens is 1. The third-order valence-corrected chi connectivity index (χ3v) is 5.96. The summed E-state index contributed by atoms with van der Waals surface area (Å²) in [4.78, 5) is 3.77. The minimum atomic E-state index is -4.06. The van der Waals surface area contributed by atoms with E-state index in [0.717, 1.165) is 0 Å². The molecule has 0 bridgehead atoms. The number of rotatable bonds is 4. The first-order chi connectivity index (χ1) is 12.9. The highest BCUT2D eigenvalue weighted by molar-refractivity contribution is 7.91. The third-order valence-electron chi connectivity index (χ3n) is 3.89. The van der Waals surface area contributed by atoms with E-state index < -0.39 is 9.84 Å². The lowest BCUT2D eigenvalue weighted by Gasteiger charge is -2.16. The van der Waals surface area contributed by atoms with E-state index in [9.17, 15) is 13.7 Å².